The van der Waals surface area contributed by atoms with Gasteiger partial charge in [-0.15, -0.1) is 0 Å². The molecule has 1 saturated heterocycles. The van der Waals surface area contributed by atoms with Crippen LogP contribution >= 0.6 is 15.9 Å². The molecule has 1 aromatic rings. The second kappa shape index (κ2) is 6.35. The Kier molecular flexibility index (Phi) is 4.75. The van der Waals surface area contributed by atoms with Crippen molar-refractivity contribution in [2.45, 2.75) is 31.7 Å². The van der Waals surface area contributed by atoms with E-state index in [1.165, 1.54) is 12.1 Å². The van der Waals surface area contributed by atoms with E-state index in [0.717, 1.165) is 18.4 Å². The fourth-order valence-corrected chi connectivity index (χ4v) is 3.02. The van der Waals surface area contributed by atoms with Crippen LogP contribution in [0.15, 0.2) is 22.7 Å². The quantitative estimate of drug-likeness (QED) is 0.913. The molecule has 20 heavy (non-hydrogen) atoms. The van der Waals surface area contributed by atoms with Crippen LogP contribution in [0.3, 0.4) is 0 Å². The fraction of sp³-hybridized carbons (Fsp3) is 0.429. The summed E-state index contributed by atoms with van der Waals surface area (Å²) in [5.41, 5.74) is 0.748. The number of likely N-dealkylation sites (tertiary alicyclic amines) is 1. The van der Waals surface area contributed by atoms with Crippen LogP contribution in [0.1, 0.15) is 37.3 Å². The molecule has 1 N–H and O–H groups in total. The summed E-state index contributed by atoms with van der Waals surface area (Å²) >= 11 is 3.25. The zero-order chi connectivity index (χ0) is 14.7. The van der Waals surface area contributed by atoms with E-state index in [2.05, 4.69) is 15.9 Å². The van der Waals surface area contributed by atoms with Crippen LogP contribution in [0.4, 0.5) is 4.39 Å². The molecule has 0 bridgehead atoms. The Morgan fingerprint density at radius 2 is 2.10 bits per heavy atom. The number of hydrogen-bond donors (Lipinski definition) is 1. The fourth-order valence-electron chi connectivity index (χ4n) is 2.54. The first-order chi connectivity index (χ1) is 9.47. The number of rotatable bonds is 4. The third-order valence-corrected chi connectivity index (χ3v) is 3.85. The van der Waals surface area contributed by atoms with E-state index >= 15 is 0 Å². The number of carbonyl (C=O) groups excluding carboxylic acids is 1. The number of carboxylic acids is 1. The molecule has 0 aliphatic carbocycles. The largest absolute Gasteiger partial charge is 0.481 e. The highest BCUT2D eigenvalue weighted by Gasteiger charge is 2.30. The summed E-state index contributed by atoms with van der Waals surface area (Å²) in [5.74, 6) is -1.52. The van der Waals surface area contributed by atoms with Crippen molar-refractivity contribution in [2.75, 3.05) is 6.54 Å². The average Bonchev–Trinajstić information content (AvgIpc) is 2.83. The number of carboxylic acid groups (broad SMARTS) is 1. The van der Waals surface area contributed by atoms with Gasteiger partial charge in [-0.25, -0.2) is 4.39 Å². The number of aliphatic carboxylic acids is 1. The van der Waals surface area contributed by atoms with Gasteiger partial charge in [0.2, 0.25) is 5.91 Å². The van der Waals surface area contributed by atoms with Gasteiger partial charge < -0.3 is 10.0 Å². The Hall–Kier alpha value is -1.43. The molecule has 0 radical (unpaired) electrons. The second-order valence-corrected chi connectivity index (χ2v) is 5.76. The van der Waals surface area contributed by atoms with Crippen LogP contribution in [0, 0.1) is 5.82 Å². The molecule has 0 aromatic heterocycles. The molecule has 1 amide bonds. The number of amides is 1. The minimum absolute atomic E-state index is 0.0116. The molecular formula is C14H15BrFNO3. The number of carbonyl (C=O) groups is 2. The summed E-state index contributed by atoms with van der Waals surface area (Å²) in [6.45, 7) is 0.594. The Morgan fingerprint density at radius 1 is 1.35 bits per heavy atom. The molecule has 0 spiro atoms. The standard InChI is InChI=1S/C14H15BrFNO3/c15-10-6-9(7-11(16)8-10)12-2-1-5-17(12)13(18)3-4-14(19)20/h6-8,12H,1-5H2,(H,19,20). The van der Waals surface area contributed by atoms with Crippen LogP contribution in [-0.2, 0) is 9.59 Å². The summed E-state index contributed by atoms with van der Waals surface area (Å²) in [4.78, 5) is 24.3. The van der Waals surface area contributed by atoms with Crippen molar-refractivity contribution in [2.24, 2.45) is 0 Å². The summed E-state index contributed by atoms with van der Waals surface area (Å²) < 4.78 is 14.1. The zero-order valence-electron chi connectivity index (χ0n) is 10.8. The molecule has 1 unspecified atom stereocenters. The van der Waals surface area contributed by atoms with E-state index in [4.69, 9.17) is 5.11 Å². The number of hydrogen-bond acceptors (Lipinski definition) is 2. The maximum atomic E-state index is 13.5. The van der Waals surface area contributed by atoms with E-state index in [1.54, 1.807) is 11.0 Å². The highest BCUT2D eigenvalue weighted by Crippen LogP contribution is 2.34. The van der Waals surface area contributed by atoms with Crippen molar-refractivity contribution in [3.8, 4) is 0 Å². The third-order valence-electron chi connectivity index (χ3n) is 3.40. The van der Waals surface area contributed by atoms with E-state index < -0.39 is 5.97 Å². The Balaban J connectivity index is 2.14. The van der Waals surface area contributed by atoms with E-state index in [9.17, 15) is 14.0 Å². The number of benzene rings is 1. The number of nitrogens with zero attached hydrogens (tertiary/aromatic N) is 1. The van der Waals surface area contributed by atoms with Crippen molar-refractivity contribution < 1.29 is 19.1 Å². The monoisotopic (exact) mass is 343 g/mol. The van der Waals surface area contributed by atoms with E-state index in [-0.39, 0.29) is 30.6 Å². The Labute approximate surface area is 124 Å². The topological polar surface area (TPSA) is 57.6 Å². The third kappa shape index (κ3) is 3.56. The van der Waals surface area contributed by atoms with Gasteiger partial charge in [0, 0.05) is 17.4 Å². The van der Waals surface area contributed by atoms with Crippen LogP contribution in [0.2, 0.25) is 0 Å². The lowest BCUT2D eigenvalue weighted by Crippen LogP contribution is -2.30. The van der Waals surface area contributed by atoms with Crippen molar-refractivity contribution in [3.63, 3.8) is 0 Å². The van der Waals surface area contributed by atoms with Gasteiger partial charge in [-0.1, -0.05) is 15.9 Å². The molecule has 0 saturated carbocycles. The predicted octanol–water partition coefficient (Wildman–Crippen LogP) is 3.12. The van der Waals surface area contributed by atoms with Gasteiger partial charge >= 0.3 is 5.97 Å². The van der Waals surface area contributed by atoms with Crippen molar-refractivity contribution in [1.29, 1.82) is 0 Å². The minimum atomic E-state index is -0.984. The average molecular weight is 344 g/mol. The van der Waals surface area contributed by atoms with Crippen molar-refractivity contribution >= 4 is 27.8 Å². The van der Waals surface area contributed by atoms with Crippen LogP contribution < -0.4 is 0 Å². The van der Waals surface area contributed by atoms with E-state index in [0.29, 0.717) is 11.0 Å². The molecule has 6 heteroatoms. The summed E-state index contributed by atoms with van der Waals surface area (Å²) in [5, 5.41) is 8.63. The summed E-state index contributed by atoms with van der Waals surface area (Å²) in [6, 6.07) is 4.44. The van der Waals surface area contributed by atoms with Crippen LogP contribution in [0.25, 0.3) is 0 Å². The zero-order valence-corrected chi connectivity index (χ0v) is 12.4. The lowest BCUT2D eigenvalue weighted by atomic mass is 10.0. The molecule has 1 aliphatic rings. The lowest BCUT2D eigenvalue weighted by molar-refractivity contribution is -0.141. The summed E-state index contributed by atoms with van der Waals surface area (Å²) in [7, 11) is 0. The SMILES string of the molecule is O=C(O)CCC(=O)N1CCCC1c1cc(F)cc(Br)c1. The van der Waals surface area contributed by atoms with Crippen LogP contribution in [0.5, 0.6) is 0 Å². The molecular weight excluding hydrogens is 329 g/mol. The van der Waals surface area contributed by atoms with Gasteiger partial charge in [0.05, 0.1) is 12.5 Å². The molecule has 1 heterocycles. The van der Waals surface area contributed by atoms with Gasteiger partial charge in [-0.3, -0.25) is 9.59 Å². The first-order valence-electron chi connectivity index (χ1n) is 6.44. The van der Waals surface area contributed by atoms with Gasteiger partial charge in [0.1, 0.15) is 5.82 Å². The highest BCUT2D eigenvalue weighted by atomic mass is 79.9. The van der Waals surface area contributed by atoms with Crippen molar-refractivity contribution in [1.82, 2.24) is 4.90 Å². The minimum Gasteiger partial charge on any atom is -0.481 e. The Morgan fingerprint density at radius 3 is 2.75 bits per heavy atom. The van der Waals surface area contributed by atoms with Gasteiger partial charge in [-0.05, 0) is 36.6 Å². The first-order valence-corrected chi connectivity index (χ1v) is 7.24. The second-order valence-electron chi connectivity index (χ2n) is 4.84. The van der Waals surface area contributed by atoms with E-state index in [1.807, 2.05) is 0 Å². The van der Waals surface area contributed by atoms with Crippen molar-refractivity contribution in [3.05, 3.63) is 34.1 Å². The van der Waals surface area contributed by atoms with Crippen LogP contribution in [-0.4, -0.2) is 28.4 Å². The highest BCUT2D eigenvalue weighted by molar-refractivity contribution is 9.10. The number of halogens is 2. The molecule has 1 aliphatic heterocycles. The first kappa shape index (κ1) is 15.0. The maximum absolute atomic E-state index is 13.5. The molecule has 2 rings (SSSR count). The molecule has 108 valence electrons. The van der Waals surface area contributed by atoms with Gasteiger partial charge in [0.25, 0.3) is 0 Å². The van der Waals surface area contributed by atoms with Gasteiger partial charge in [0.15, 0.2) is 0 Å². The van der Waals surface area contributed by atoms with Gasteiger partial charge in [-0.2, -0.15) is 0 Å². The Bertz CT molecular complexity index is 515. The molecule has 4 nitrogen and oxygen atoms in total. The summed E-state index contributed by atoms with van der Waals surface area (Å²) in [6.07, 6.45) is 1.43. The normalized spacial score (nSPS) is 18.3. The maximum Gasteiger partial charge on any atom is 0.303 e. The lowest BCUT2D eigenvalue weighted by Gasteiger charge is -2.25. The molecule has 1 aromatic carbocycles. The predicted molar refractivity (Wildman–Crippen MR) is 74.7 cm³/mol. The molecule has 1 atom stereocenters. The molecule has 1 fully saturated rings. The smallest absolute Gasteiger partial charge is 0.303 e.